The van der Waals surface area contributed by atoms with Gasteiger partial charge < -0.3 is 10.0 Å². The van der Waals surface area contributed by atoms with E-state index in [1.807, 2.05) is 45.2 Å². The third-order valence-electron chi connectivity index (χ3n) is 7.12. The van der Waals surface area contributed by atoms with Crippen LogP contribution in [0.1, 0.15) is 79.1 Å². The zero-order valence-corrected chi connectivity index (χ0v) is 25.5. The number of fused-ring (bicyclic) bond motifs is 3. The highest BCUT2D eigenvalue weighted by atomic mass is 32.2. The molecule has 1 aromatic carbocycles. The van der Waals surface area contributed by atoms with E-state index in [-0.39, 0.29) is 4.65 Å². The second-order valence-electron chi connectivity index (χ2n) is 11.5. The van der Waals surface area contributed by atoms with E-state index in [9.17, 15) is 18.3 Å². The molecule has 10 nitrogen and oxygen atoms in total. The largest absolute Gasteiger partial charge is 0.465 e. The zero-order valence-electron chi connectivity index (χ0n) is 24.6. The number of hydrogen-bond acceptors (Lipinski definition) is 6. The zero-order chi connectivity index (χ0) is 29.4. The average molecular weight is 577 g/mol. The van der Waals surface area contributed by atoms with Gasteiger partial charge in [-0.25, -0.2) is 17.9 Å². The van der Waals surface area contributed by atoms with Crippen LogP contribution in [0.15, 0.2) is 35.5 Å². The molecule has 1 amide bonds. The summed E-state index contributed by atoms with van der Waals surface area (Å²) in [5.74, 6) is 0.953. The van der Waals surface area contributed by atoms with Crippen LogP contribution in [0.3, 0.4) is 0 Å². The van der Waals surface area contributed by atoms with Gasteiger partial charge in [0.1, 0.15) is 13.2 Å². The first-order valence-electron chi connectivity index (χ1n) is 14.3. The topological polar surface area (TPSA) is 121 Å². The molecule has 11 heteroatoms. The van der Waals surface area contributed by atoms with Gasteiger partial charge in [0.2, 0.25) is 21.5 Å². The van der Waals surface area contributed by atoms with Crippen LogP contribution in [0, 0.1) is 0 Å². The van der Waals surface area contributed by atoms with Gasteiger partial charge in [0, 0.05) is 31.5 Å². The SMILES string of the molecule is CCCC1=Nc2cnc3ccccc3c2[N+]1(CCCCNS(C)(=O)=O)OCCCCCCN(C(=O)O)C(C)(C)C. The van der Waals surface area contributed by atoms with E-state index in [4.69, 9.17) is 9.83 Å². The number of amidine groups is 1. The van der Waals surface area contributed by atoms with E-state index in [1.165, 1.54) is 11.2 Å². The van der Waals surface area contributed by atoms with E-state index >= 15 is 0 Å². The van der Waals surface area contributed by atoms with Crippen molar-refractivity contribution in [2.45, 2.75) is 84.6 Å². The number of hydrogen-bond donors (Lipinski definition) is 2. The Morgan fingerprint density at radius 1 is 1.10 bits per heavy atom. The van der Waals surface area contributed by atoms with Gasteiger partial charge in [-0.05, 0) is 58.6 Å². The standard InChI is InChI=1S/C29H45N5O5S/c1-6-15-26-32-25-22-30-24-17-10-9-16-23(24)27(25)34(26,20-13-11-18-31-40(5,37)38)39-21-14-8-7-12-19-33(28(35)36)29(2,3)4/h9-10,16-17,22,31H,6-8,11-15,18-21H2,1-5H3/p+1. The summed E-state index contributed by atoms with van der Waals surface area (Å²) in [7, 11) is -3.23. The van der Waals surface area contributed by atoms with Crippen molar-refractivity contribution in [3.8, 4) is 0 Å². The van der Waals surface area contributed by atoms with Crippen LogP contribution in [0.2, 0.25) is 0 Å². The maximum Gasteiger partial charge on any atom is 0.407 e. The molecule has 1 aliphatic heterocycles. The van der Waals surface area contributed by atoms with Gasteiger partial charge in [-0.15, -0.1) is 4.65 Å². The molecule has 1 atom stereocenters. The number of nitrogens with one attached hydrogen (secondary N) is 1. The third-order valence-corrected chi connectivity index (χ3v) is 7.85. The van der Waals surface area contributed by atoms with Crippen LogP contribution in [-0.2, 0) is 14.9 Å². The summed E-state index contributed by atoms with van der Waals surface area (Å²) >= 11 is 0. The maximum absolute atomic E-state index is 11.6. The summed E-state index contributed by atoms with van der Waals surface area (Å²) < 4.78 is 25.9. The predicted octanol–water partition coefficient (Wildman–Crippen LogP) is 5.99. The van der Waals surface area contributed by atoms with Gasteiger partial charge in [0.05, 0.1) is 23.4 Å². The van der Waals surface area contributed by atoms with Crippen LogP contribution in [0.4, 0.5) is 16.2 Å². The molecule has 0 spiro atoms. The molecule has 1 aromatic heterocycles. The smallest absolute Gasteiger partial charge is 0.407 e. The quantitative estimate of drug-likeness (QED) is 0.187. The number of rotatable bonds is 16. The van der Waals surface area contributed by atoms with E-state index in [0.717, 1.165) is 73.1 Å². The number of pyridine rings is 1. The van der Waals surface area contributed by atoms with Gasteiger partial charge in [-0.1, -0.05) is 31.9 Å². The molecular formula is C29H46N5O5S+. The first kappa shape index (κ1) is 31.9. The third kappa shape index (κ3) is 8.22. The van der Waals surface area contributed by atoms with Gasteiger partial charge >= 0.3 is 6.09 Å². The lowest BCUT2D eigenvalue weighted by molar-refractivity contribution is -0.0910. The van der Waals surface area contributed by atoms with Crippen LogP contribution in [-0.4, -0.2) is 73.4 Å². The van der Waals surface area contributed by atoms with Gasteiger partial charge in [0.15, 0.2) is 5.69 Å². The second kappa shape index (κ2) is 13.8. The highest BCUT2D eigenvalue weighted by Crippen LogP contribution is 2.46. The molecule has 0 radical (unpaired) electrons. The highest BCUT2D eigenvalue weighted by Gasteiger charge is 2.47. The number of sulfonamides is 1. The summed E-state index contributed by atoms with van der Waals surface area (Å²) in [5.41, 5.74) is 2.30. The highest BCUT2D eigenvalue weighted by molar-refractivity contribution is 7.88. The van der Waals surface area contributed by atoms with Crippen molar-refractivity contribution in [1.82, 2.24) is 19.3 Å². The number of amides is 1. The molecule has 0 bridgehead atoms. The monoisotopic (exact) mass is 576 g/mol. The lowest BCUT2D eigenvalue weighted by atomic mass is 10.1. The Morgan fingerprint density at radius 2 is 1.82 bits per heavy atom. The Hall–Kier alpha value is -2.60. The van der Waals surface area contributed by atoms with Crippen LogP contribution in [0.5, 0.6) is 0 Å². The van der Waals surface area contributed by atoms with Crippen molar-refractivity contribution in [2.24, 2.45) is 4.99 Å². The molecule has 1 unspecified atom stereocenters. The molecule has 0 fully saturated rings. The number of para-hydroxylation sites is 1. The summed E-state index contributed by atoms with van der Waals surface area (Å²) in [6.07, 6.45) is 8.74. The Kier molecular flexibility index (Phi) is 11.0. The first-order chi connectivity index (χ1) is 18.9. The normalized spacial score (nSPS) is 17.2. The molecular weight excluding hydrogens is 530 g/mol. The molecule has 1 aliphatic rings. The number of carbonyl (C=O) groups is 1. The maximum atomic E-state index is 11.6. The Labute approximate surface area is 239 Å². The van der Waals surface area contributed by atoms with Crippen LogP contribution >= 0.6 is 0 Å². The molecule has 222 valence electrons. The predicted molar refractivity (Wildman–Crippen MR) is 161 cm³/mol. The second-order valence-corrected chi connectivity index (χ2v) is 13.3. The van der Waals surface area contributed by atoms with E-state index in [2.05, 4.69) is 22.7 Å². The van der Waals surface area contributed by atoms with Gasteiger partial charge in [-0.3, -0.25) is 4.98 Å². The fraction of sp³-hybridized carbons (Fsp3) is 0.621. The van der Waals surface area contributed by atoms with E-state index in [1.54, 1.807) is 0 Å². The number of hydroxylamine groups is 2. The van der Waals surface area contributed by atoms with E-state index < -0.39 is 21.7 Å². The van der Waals surface area contributed by atoms with Crippen molar-refractivity contribution in [3.63, 3.8) is 0 Å². The molecule has 3 rings (SSSR count). The Morgan fingerprint density at radius 3 is 2.50 bits per heavy atom. The fourth-order valence-corrected chi connectivity index (χ4v) is 5.73. The first-order valence-corrected chi connectivity index (χ1v) is 16.2. The van der Waals surface area contributed by atoms with Crippen molar-refractivity contribution in [1.29, 1.82) is 0 Å². The number of aromatic nitrogens is 1. The van der Waals surface area contributed by atoms with Crippen molar-refractivity contribution in [2.75, 3.05) is 32.5 Å². The molecule has 0 saturated carbocycles. The molecule has 40 heavy (non-hydrogen) atoms. The Bertz CT molecular complexity index is 1290. The summed E-state index contributed by atoms with van der Waals surface area (Å²) in [6.45, 7) is 9.94. The van der Waals surface area contributed by atoms with E-state index in [0.29, 0.717) is 32.7 Å². The summed E-state index contributed by atoms with van der Waals surface area (Å²) in [4.78, 5) is 29.5. The summed E-state index contributed by atoms with van der Waals surface area (Å²) in [6, 6.07) is 8.04. The number of carboxylic acid groups (broad SMARTS) is 1. The Balaban J connectivity index is 1.73. The van der Waals surface area contributed by atoms with Crippen molar-refractivity contribution < 1.29 is 23.2 Å². The van der Waals surface area contributed by atoms with Crippen LogP contribution < -0.4 is 9.37 Å². The number of unbranched alkanes of at least 4 members (excludes halogenated alkanes) is 4. The lowest BCUT2D eigenvalue weighted by Crippen LogP contribution is -2.53. The van der Waals surface area contributed by atoms with Gasteiger partial charge in [0.25, 0.3) is 0 Å². The molecule has 0 aliphatic carbocycles. The molecule has 0 saturated heterocycles. The average Bonchev–Trinajstić information content (AvgIpc) is 3.17. The summed E-state index contributed by atoms with van der Waals surface area (Å²) in [5, 5.41) is 10.5. The molecule has 2 heterocycles. The molecule has 2 aromatic rings. The van der Waals surface area contributed by atoms with Gasteiger partial charge in [-0.2, -0.15) is 9.83 Å². The minimum Gasteiger partial charge on any atom is -0.465 e. The minimum absolute atomic E-state index is 0.210. The van der Waals surface area contributed by atoms with Crippen LogP contribution in [0.25, 0.3) is 10.9 Å². The van der Waals surface area contributed by atoms with Crippen molar-refractivity contribution >= 4 is 44.2 Å². The minimum atomic E-state index is -3.23. The molecule has 2 N–H and O–H groups in total. The number of nitrogens with zero attached hydrogens (tertiary/aromatic N) is 4. The number of benzene rings is 1. The number of aliphatic imine (C=N–C) groups is 1. The lowest BCUT2D eigenvalue weighted by Gasteiger charge is -2.33. The van der Waals surface area contributed by atoms with Crippen molar-refractivity contribution in [3.05, 3.63) is 30.5 Å². The fourth-order valence-electron chi connectivity index (χ4n) is 5.21. The number of quaternary nitrogens is 1.